The molecule has 4 nitrogen and oxygen atoms in total. The predicted molar refractivity (Wildman–Crippen MR) is 73.3 cm³/mol. The van der Waals surface area contributed by atoms with Crippen LogP contribution in [-0.4, -0.2) is 36.9 Å². The number of halogens is 1. The second kappa shape index (κ2) is 5.71. The predicted octanol–water partition coefficient (Wildman–Crippen LogP) is 2.76. The molecular formula is C13H16BrNO3. The number of hydrogen-bond donors (Lipinski definition) is 1. The van der Waals surface area contributed by atoms with E-state index in [0.29, 0.717) is 18.8 Å². The number of benzene rings is 1. The van der Waals surface area contributed by atoms with Crippen molar-refractivity contribution in [2.45, 2.75) is 19.4 Å². The van der Waals surface area contributed by atoms with Crippen LogP contribution >= 0.6 is 15.9 Å². The molecule has 5 heteroatoms. The van der Waals surface area contributed by atoms with Crippen LogP contribution in [0.2, 0.25) is 0 Å². The van der Waals surface area contributed by atoms with Gasteiger partial charge >= 0.3 is 5.97 Å². The smallest absolute Gasteiger partial charge is 0.337 e. The topological polar surface area (TPSA) is 49.8 Å². The number of morpholine rings is 1. The highest BCUT2D eigenvalue weighted by Gasteiger charge is 2.25. The number of carbonyl (C=O) groups is 1. The standard InChI is InChI=1S/C13H16BrNO3/c1-2-10-8-18-6-5-15(10)12-4-3-9(14)7-11(12)13(16)17/h3-4,7,10H,2,5-6,8H2,1H3,(H,16,17). The van der Waals surface area contributed by atoms with Crippen molar-refractivity contribution in [3.63, 3.8) is 0 Å². The van der Waals surface area contributed by atoms with Crippen molar-refractivity contribution in [1.82, 2.24) is 0 Å². The van der Waals surface area contributed by atoms with Crippen molar-refractivity contribution in [3.05, 3.63) is 28.2 Å². The summed E-state index contributed by atoms with van der Waals surface area (Å²) in [4.78, 5) is 13.5. The normalized spacial score (nSPS) is 19.9. The number of anilines is 1. The average molecular weight is 314 g/mol. The monoisotopic (exact) mass is 313 g/mol. The fourth-order valence-corrected chi connectivity index (χ4v) is 2.60. The summed E-state index contributed by atoms with van der Waals surface area (Å²) >= 11 is 3.31. The molecule has 1 N–H and O–H groups in total. The lowest BCUT2D eigenvalue weighted by Gasteiger charge is -2.37. The third kappa shape index (κ3) is 2.67. The summed E-state index contributed by atoms with van der Waals surface area (Å²) in [7, 11) is 0. The molecule has 0 radical (unpaired) electrons. The average Bonchev–Trinajstić information content (AvgIpc) is 2.38. The van der Waals surface area contributed by atoms with Gasteiger partial charge in [0.15, 0.2) is 0 Å². The van der Waals surface area contributed by atoms with E-state index in [0.717, 1.165) is 23.1 Å². The van der Waals surface area contributed by atoms with Crippen molar-refractivity contribution in [2.24, 2.45) is 0 Å². The maximum Gasteiger partial charge on any atom is 0.337 e. The molecule has 1 atom stereocenters. The zero-order valence-corrected chi connectivity index (χ0v) is 11.8. The Labute approximate surface area is 115 Å². The third-order valence-electron chi connectivity index (χ3n) is 3.20. The number of carboxylic acids is 1. The minimum Gasteiger partial charge on any atom is -0.478 e. The molecule has 0 saturated carbocycles. The number of aromatic carboxylic acids is 1. The van der Waals surface area contributed by atoms with Crippen molar-refractivity contribution in [1.29, 1.82) is 0 Å². The fourth-order valence-electron chi connectivity index (χ4n) is 2.24. The highest BCUT2D eigenvalue weighted by molar-refractivity contribution is 9.10. The largest absolute Gasteiger partial charge is 0.478 e. The van der Waals surface area contributed by atoms with E-state index in [4.69, 9.17) is 4.74 Å². The van der Waals surface area contributed by atoms with E-state index in [-0.39, 0.29) is 6.04 Å². The molecule has 18 heavy (non-hydrogen) atoms. The zero-order chi connectivity index (χ0) is 13.1. The first-order chi connectivity index (χ1) is 8.63. The number of nitrogens with zero attached hydrogens (tertiary/aromatic N) is 1. The number of rotatable bonds is 3. The molecule has 1 aromatic rings. The van der Waals surface area contributed by atoms with Crippen LogP contribution in [0.15, 0.2) is 22.7 Å². The first-order valence-corrected chi connectivity index (χ1v) is 6.80. The molecule has 0 spiro atoms. The van der Waals surface area contributed by atoms with E-state index in [1.165, 1.54) is 0 Å². The minimum atomic E-state index is -0.896. The van der Waals surface area contributed by atoms with Crippen LogP contribution in [-0.2, 0) is 4.74 Å². The quantitative estimate of drug-likeness (QED) is 0.932. The third-order valence-corrected chi connectivity index (χ3v) is 3.69. The van der Waals surface area contributed by atoms with Crippen molar-refractivity contribution in [3.8, 4) is 0 Å². The van der Waals surface area contributed by atoms with Crippen molar-refractivity contribution >= 4 is 27.6 Å². The molecule has 1 heterocycles. The lowest BCUT2D eigenvalue weighted by Crippen LogP contribution is -2.45. The summed E-state index contributed by atoms with van der Waals surface area (Å²) in [5.74, 6) is -0.896. The summed E-state index contributed by atoms with van der Waals surface area (Å²) in [5.41, 5.74) is 1.12. The molecule has 1 fully saturated rings. The summed E-state index contributed by atoms with van der Waals surface area (Å²) in [6, 6.07) is 5.64. The summed E-state index contributed by atoms with van der Waals surface area (Å²) in [6.07, 6.45) is 0.940. The van der Waals surface area contributed by atoms with Gasteiger partial charge in [0, 0.05) is 11.0 Å². The molecule has 0 amide bonds. The van der Waals surface area contributed by atoms with E-state index in [2.05, 4.69) is 27.8 Å². The van der Waals surface area contributed by atoms with Gasteiger partial charge in [-0.15, -0.1) is 0 Å². The van der Waals surface area contributed by atoms with Gasteiger partial charge < -0.3 is 14.7 Å². The maximum absolute atomic E-state index is 11.3. The SMILES string of the molecule is CCC1COCCN1c1ccc(Br)cc1C(=O)O. The number of ether oxygens (including phenoxy) is 1. The molecule has 1 aliphatic rings. The Morgan fingerprint density at radius 1 is 1.61 bits per heavy atom. The van der Waals surface area contributed by atoms with Gasteiger partial charge in [-0.1, -0.05) is 22.9 Å². The molecule has 1 aliphatic heterocycles. The van der Waals surface area contributed by atoms with Crippen LogP contribution in [0.4, 0.5) is 5.69 Å². The Kier molecular flexibility index (Phi) is 4.24. The Morgan fingerprint density at radius 2 is 2.39 bits per heavy atom. The summed E-state index contributed by atoms with van der Waals surface area (Å²) in [5, 5.41) is 9.30. The summed E-state index contributed by atoms with van der Waals surface area (Å²) < 4.78 is 6.23. The van der Waals surface area contributed by atoms with Crippen molar-refractivity contribution in [2.75, 3.05) is 24.7 Å². The van der Waals surface area contributed by atoms with Gasteiger partial charge in [0.05, 0.1) is 30.5 Å². The van der Waals surface area contributed by atoms with Gasteiger partial charge in [0.25, 0.3) is 0 Å². The molecule has 1 unspecified atom stereocenters. The van der Waals surface area contributed by atoms with Gasteiger partial charge in [-0.05, 0) is 24.6 Å². The van der Waals surface area contributed by atoms with E-state index < -0.39 is 5.97 Å². The van der Waals surface area contributed by atoms with E-state index in [9.17, 15) is 9.90 Å². The molecule has 0 bridgehead atoms. The molecular weight excluding hydrogens is 298 g/mol. The van der Waals surface area contributed by atoms with Crippen LogP contribution in [0.5, 0.6) is 0 Å². The molecule has 2 rings (SSSR count). The van der Waals surface area contributed by atoms with Crippen molar-refractivity contribution < 1.29 is 14.6 Å². The number of carboxylic acid groups (broad SMARTS) is 1. The first-order valence-electron chi connectivity index (χ1n) is 6.00. The lowest BCUT2D eigenvalue weighted by atomic mass is 10.1. The Balaban J connectivity index is 2.39. The zero-order valence-electron chi connectivity index (χ0n) is 10.2. The maximum atomic E-state index is 11.3. The van der Waals surface area contributed by atoms with Crippen LogP contribution in [0.25, 0.3) is 0 Å². The lowest BCUT2D eigenvalue weighted by molar-refractivity contribution is 0.0694. The Morgan fingerprint density at radius 3 is 3.06 bits per heavy atom. The van der Waals surface area contributed by atoms with E-state index in [1.54, 1.807) is 6.07 Å². The van der Waals surface area contributed by atoms with E-state index in [1.807, 2.05) is 12.1 Å². The van der Waals surface area contributed by atoms with Crippen LogP contribution < -0.4 is 4.90 Å². The van der Waals surface area contributed by atoms with Gasteiger partial charge in [-0.2, -0.15) is 0 Å². The minimum absolute atomic E-state index is 0.248. The molecule has 0 aliphatic carbocycles. The molecule has 98 valence electrons. The Bertz CT molecular complexity index is 450. The Hall–Kier alpha value is -1.07. The fraction of sp³-hybridized carbons (Fsp3) is 0.462. The van der Waals surface area contributed by atoms with Gasteiger partial charge in [0.1, 0.15) is 0 Å². The van der Waals surface area contributed by atoms with Crippen LogP contribution in [0, 0.1) is 0 Å². The van der Waals surface area contributed by atoms with Crippen LogP contribution in [0.1, 0.15) is 23.7 Å². The summed E-state index contributed by atoms with van der Waals surface area (Å²) in [6.45, 7) is 4.13. The molecule has 0 aromatic heterocycles. The molecule has 1 aromatic carbocycles. The second-order valence-corrected chi connectivity index (χ2v) is 5.21. The highest BCUT2D eigenvalue weighted by atomic mass is 79.9. The van der Waals surface area contributed by atoms with Crippen LogP contribution in [0.3, 0.4) is 0 Å². The van der Waals surface area contributed by atoms with Gasteiger partial charge in [-0.25, -0.2) is 4.79 Å². The number of hydrogen-bond acceptors (Lipinski definition) is 3. The van der Waals surface area contributed by atoms with E-state index >= 15 is 0 Å². The second-order valence-electron chi connectivity index (χ2n) is 4.30. The van der Waals surface area contributed by atoms with Gasteiger partial charge in [-0.3, -0.25) is 0 Å². The molecule has 1 saturated heterocycles. The van der Waals surface area contributed by atoms with Gasteiger partial charge in [0.2, 0.25) is 0 Å². The highest BCUT2D eigenvalue weighted by Crippen LogP contribution is 2.28. The first kappa shape index (κ1) is 13.4.